The maximum absolute atomic E-state index is 14.0. The molecule has 0 aliphatic rings. The van der Waals surface area contributed by atoms with E-state index in [9.17, 15) is 121 Å². The second-order valence-electron chi connectivity index (χ2n) is 27.3. The van der Waals surface area contributed by atoms with Gasteiger partial charge in [-0.25, -0.2) is 4.79 Å². The van der Waals surface area contributed by atoms with E-state index in [1.807, 2.05) is 16.0 Å². The van der Waals surface area contributed by atoms with Gasteiger partial charge in [0.25, 0.3) is 0 Å². The fourth-order valence-electron chi connectivity index (χ4n) is 10.00. The van der Waals surface area contributed by atoms with Crippen molar-refractivity contribution >= 4 is 130 Å². The number of hydrogen-bond acceptors (Lipinski definition) is 23. The maximum atomic E-state index is 14.0. The Balaban J connectivity index is 6.33. The minimum atomic E-state index is -2.13. The Morgan fingerprint density at radius 1 is 0.348 bits per heavy atom. The lowest BCUT2D eigenvalue weighted by molar-refractivity contribution is -0.144. The third kappa shape index (κ3) is 40.0. The molecule has 0 aromatic rings. The second-order valence-corrected chi connectivity index (χ2v) is 27.3. The van der Waals surface area contributed by atoms with Crippen LogP contribution in [0.2, 0.25) is 0 Å². The van der Waals surface area contributed by atoms with E-state index in [1.165, 1.54) is 27.7 Å². The first-order valence-corrected chi connectivity index (χ1v) is 35.7. The van der Waals surface area contributed by atoms with Gasteiger partial charge in [-0.05, 0) is 83.0 Å². The molecular weight excluding hydrogens is 1490 g/mol. The molecule has 0 unspecified atom stereocenters. The Labute approximate surface area is 643 Å². The van der Waals surface area contributed by atoms with E-state index in [0.717, 1.165) is 6.92 Å². The van der Waals surface area contributed by atoms with Crippen molar-refractivity contribution in [3.05, 3.63) is 0 Å². The summed E-state index contributed by atoms with van der Waals surface area (Å²) in [6.45, 7) is 13.6. The Morgan fingerprint density at radius 2 is 0.696 bits per heavy atom. The van der Waals surface area contributed by atoms with Gasteiger partial charge in [0.15, 0.2) is 5.96 Å². The van der Waals surface area contributed by atoms with E-state index in [4.69, 9.17) is 28.0 Å². The minimum absolute atomic E-state index is 0.0267. The average molecular weight is 1600 g/mol. The Morgan fingerprint density at radius 3 is 1.16 bits per heavy atom. The lowest BCUT2D eigenvalue weighted by atomic mass is 9.95. The largest absolute Gasteiger partial charge is 0.481 e. The van der Waals surface area contributed by atoms with Gasteiger partial charge in [-0.1, -0.05) is 61.8 Å². The molecule has 0 bridgehead atoms. The van der Waals surface area contributed by atoms with Crippen LogP contribution in [0.5, 0.6) is 0 Å². The van der Waals surface area contributed by atoms with E-state index in [0.29, 0.717) is 0 Å². The molecule has 14 atom stereocenters. The van der Waals surface area contributed by atoms with Crippen LogP contribution in [0.1, 0.15) is 153 Å². The van der Waals surface area contributed by atoms with Crippen molar-refractivity contribution in [2.45, 2.75) is 232 Å². The topological polar surface area (TPSA) is 757 Å². The first-order chi connectivity index (χ1) is 52.0. The number of carboxylic acids is 5. The molecule has 46 heteroatoms. The SMILES string of the molecule is CC[C@H](C)[C@H](NC(=O)[C@@H](NC(=O)[C@H](CCC(=O)O)NC(=O)[C@H](CC(C)C)NC(=O)[C@H](C)NC(=O)[C@H](C)NC(=O)CNC(=O)[C@H](CC(=O)O)NC(=O)[C@H](CC(=O)O)NC(=O)CNC(=O)[C@H](CCC(N)=O)NC(=O)[C@H](CCCN=C(N)N)NC(=O)[C@@H](NC(=O)[C@H](C)NC(=O)CN)C(C)C)C(C)C)C(=O)N[C@@H](CCC(=O)O)C(=O)O. The zero-order valence-corrected chi connectivity index (χ0v) is 64.2. The van der Waals surface area contributed by atoms with Gasteiger partial charge in [0.05, 0.1) is 32.5 Å². The van der Waals surface area contributed by atoms with Crippen LogP contribution in [0.3, 0.4) is 0 Å². The summed E-state index contributed by atoms with van der Waals surface area (Å²) < 4.78 is 0. The number of guanidine groups is 1. The molecule has 0 saturated heterocycles. The molecule has 46 nitrogen and oxygen atoms in total. The number of hydrogen-bond donors (Lipinski definition) is 24. The van der Waals surface area contributed by atoms with Gasteiger partial charge in [0, 0.05) is 25.8 Å². The second kappa shape index (κ2) is 50.7. The molecule has 0 heterocycles. The summed E-state index contributed by atoms with van der Waals surface area (Å²) in [6, 6.07) is -20.7. The van der Waals surface area contributed by atoms with Gasteiger partial charge >= 0.3 is 29.8 Å². The standard InChI is InChI=1S/C66H110N20O26/c1-12-31(8)52(64(110)81-38(65(111)112)17-20-47(93)94)86-63(109)51(30(6)7)85-59(105)37(16-19-46(91)92)79-60(106)39(22-28(2)3)82-54(100)34(11)76-53(99)32(9)75-44(89)26-73-57(103)40(23-48(95)96)83-61(107)41(24-49(97)98)77-45(90)27-72-56(102)36(15-18-42(68)87)78-58(104)35(14-13-21-71-66(69)70)80-62(108)50(29(4)5)84-55(101)33(10)74-43(88)25-67/h28-41,50-52H,12-27,67H2,1-11H3,(H2,68,87)(H,72,102)(H,73,103)(H,74,88)(H,75,89)(H,76,99)(H,77,90)(H,78,104)(H,79,106)(H,80,108)(H,81,110)(H,82,100)(H,83,107)(H,84,101)(H,85,105)(H,86,109)(H,91,92)(H,93,94)(H,95,96)(H,97,98)(H,111,112)(H4,69,70,71)/t31-,32-,33-,34-,35-,36-,37-,38-,39-,40-,41-,50-,51-,52-/m0/s1. The molecule has 0 aliphatic carbocycles. The van der Waals surface area contributed by atoms with Gasteiger partial charge in [0.1, 0.15) is 78.5 Å². The molecule has 0 saturated carbocycles. The highest BCUT2D eigenvalue weighted by Crippen LogP contribution is 2.15. The Bertz CT molecular complexity index is 3400. The van der Waals surface area contributed by atoms with Crippen molar-refractivity contribution in [1.29, 1.82) is 0 Å². The molecule has 0 aromatic heterocycles. The van der Waals surface area contributed by atoms with E-state index >= 15 is 0 Å². The Hall–Kier alpha value is -11.9. The number of rotatable bonds is 54. The molecule has 0 aromatic carbocycles. The van der Waals surface area contributed by atoms with Gasteiger partial charge in [0.2, 0.25) is 94.5 Å². The van der Waals surface area contributed by atoms with Gasteiger partial charge in [-0.15, -0.1) is 0 Å². The highest BCUT2D eigenvalue weighted by atomic mass is 16.4. The maximum Gasteiger partial charge on any atom is 0.326 e. The Kier molecular flexibility index (Phi) is 45.3. The van der Waals surface area contributed by atoms with Crippen LogP contribution >= 0.6 is 0 Å². The van der Waals surface area contributed by atoms with Gasteiger partial charge < -0.3 is 128 Å². The molecule has 0 radical (unpaired) electrons. The van der Waals surface area contributed by atoms with Crippen molar-refractivity contribution in [2.24, 2.45) is 51.6 Å². The summed E-state index contributed by atoms with van der Waals surface area (Å²) >= 11 is 0. The molecular formula is C66H110N20O26. The lowest BCUT2D eigenvalue weighted by Gasteiger charge is -2.30. The van der Waals surface area contributed by atoms with Crippen LogP contribution in [0, 0.1) is 23.7 Å². The molecule has 0 rings (SSSR count). The van der Waals surface area contributed by atoms with Crippen LogP contribution in [0.15, 0.2) is 4.99 Å². The van der Waals surface area contributed by atoms with Crippen molar-refractivity contribution in [2.75, 3.05) is 26.2 Å². The zero-order valence-electron chi connectivity index (χ0n) is 64.2. The third-order valence-corrected chi connectivity index (χ3v) is 16.4. The third-order valence-electron chi connectivity index (χ3n) is 16.4. The van der Waals surface area contributed by atoms with Crippen molar-refractivity contribution in [1.82, 2.24) is 79.8 Å². The number of aliphatic carboxylic acids is 5. The number of aliphatic imine (C=N–C) groups is 1. The number of carboxylic acid groups (broad SMARTS) is 5. The summed E-state index contributed by atoms with van der Waals surface area (Å²) in [5.74, 6) is -27.4. The fraction of sp³-hybridized carbons (Fsp3) is 0.667. The number of nitrogens with zero attached hydrogens (tertiary/aromatic N) is 1. The van der Waals surface area contributed by atoms with Gasteiger partial charge in [-0.2, -0.15) is 0 Å². The van der Waals surface area contributed by atoms with Crippen LogP contribution in [-0.4, -0.2) is 261 Å². The predicted octanol–water partition coefficient (Wildman–Crippen LogP) is -8.97. The molecule has 16 amide bonds. The van der Waals surface area contributed by atoms with Crippen LogP contribution in [0.25, 0.3) is 0 Å². The average Bonchev–Trinajstić information content (AvgIpc) is 0.863. The van der Waals surface area contributed by atoms with Crippen molar-refractivity contribution in [3.63, 3.8) is 0 Å². The van der Waals surface area contributed by atoms with E-state index in [1.54, 1.807) is 41.5 Å². The number of amides is 16. The van der Waals surface area contributed by atoms with Gasteiger partial charge in [-0.3, -0.25) is 101 Å². The van der Waals surface area contributed by atoms with E-state index in [-0.39, 0.29) is 44.1 Å². The summed E-state index contributed by atoms with van der Waals surface area (Å²) in [5, 5.41) is 81.9. The molecule has 0 aliphatic heterocycles. The molecule has 630 valence electrons. The lowest BCUT2D eigenvalue weighted by Crippen LogP contribution is -2.61. The first-order valence-electron chi connectivity index (χ1n) is 35.7. The minimum Gasteiger partial charge on any atom is -0.481 e. The predicted molar refractivity (Wildman–Crippen MR) is 390 cm³/mol. The molecule has 0 spiro atoms. The van der Waals surface area contributed by atoms with E-state index in [2.05, 4.69) is 68.8 Å². The number of nitrogens with one attached hydrogen (secondary N) is 15. The van der Waals surface area contributed by atoms with Crippen molar-refractivity contribution in [3.8, 4) is 0 Å². The monoisotopic (exact) mass is 1600 g/mol. The number of nitrogens with two attached hydrogens (primary N) is 4. The number of primary amides is 1. The molecule has 0 fully saturated rings. The number of carbonyl (C=O) groups excluding carboxylic acids is 16. The summed E-state index contributed by atoms with van der Waals surface area (Å²) in [6.07, 6.45) is -5.97. The van der Waals surface area contributed by atoms with Crippen LogP contribution < -0.4 is 103 Å². The first kappa shape index (κ1) is 100. The summed E-state index contributed by atoms with van der Waals surface area (Å²) in [4.78, 5) is 276. The summed E-state index contributed by atoms with van der Waals surface area (Å²) in [7, 11) is 0. The fourth-order valence-corrected chi connectivity index (χ4v) is 10.00. The van der Waals surface area contributed by atoms with E-state index < -0.39 is 292 Å². The van der Waals surface area contributed by atoms with Crippen molar-refractivity contribution < 1.29 is 126 Å². The molecule has 112 heavy (non-hydrogen) atoms. The zero-order chi connectivity index (χ0) is 86.1. The highest BCUT2D eigenvalue weighted by Gasteiger charge is 2.39. The highest BCUT2D eigenvalue weighted by molar-refractivity contribution is 6.01. The normalized spacial score (nSPS) is 14.7. The molecule has 28 N–H and O–H groups in total. The summed E-state index contributed by atoms with van der Waals surface area (Å²) in [5.41, 5.74) is 21.5. The quantitative estimate of drug-likeness (QED) is 0.0153. The smallest absolute Gasteiger partial charge is 0.326 e. The van der Waals surface area contributed by atoms with Crippen LogP contribution in [0.4, 0.5) is 0 Å². The number of carbonyl (C=O) groups is 21. The van der Waals surface area contributed by atoms with Crippen LogP contribution in [-0.2, 0) is 101 Å².